The van der Waals surface area contributed by atoms with Crippen molar-refractivity contribution in [2.45, 2.75) is 19.4 Å². The van der Waals surface area contributed by atoms with Crippen LogP contribution in [0.5, 0.6) is 5.75 Å². The maximum atomic E-state index is 12.3. The minimum absolute atomic E-state index is 0.157. The van der Waals surface area contributed by atoms with Crippen molar-refractivity contribution in [3.63, 3.8) is 0 Å². The van der Waals surface area contributed by atoms with Crippen LogP contribution < -0.4 is 15.5 Å². The zero-order valence-corrected chi connectivity index (χ0v) is 15.5. The molecule has 2 N–H and O–H groups in total. The number of ether oxygens (including phenoxy) is 1. The first-order valence-electron chi connectivity index (χ1n) is 9.15. The van der Waals surface area contributed by atoms with Crippen molar-refractivity contribution in [2.24, 2.45) is 17.8 Å². The monoisotopic (exact) mass is 384 g/mol. The number of amides is 1. The molecule has 0 radical (unpaired) electrons. The van der Waals surface area contributed by atoms with E-state index >= 15 is 0 Å². The molecule has 4 rings (SSSR count). The molecule has 5 nitrogen and oxygen atoms in total. The first kappa shape index (κ1) is 17.9. The SMILES string of the molecule is O=C(NCC1CC2C=CC1C2)c1cc(=O)c(OCc2ccccc2Cl)c[nH]1. The number of pyridine rings is 1. The van der Waals surface area contributed by atoms with Crippen molar-refractivity contribution in [1.82, 2.24) is 10.3 Å². The van der Waals surface area contributed by atoms with Crippen LogP contribution >= 0.6 is 11.6 Å². The Kier molecular flexibility index (Phi) is 5.03. The number of hydrogen-bond donors (Lipinski definition) is 2. The minimum atomic E-state index is -0.339. The van der Waals surface area contributed by atoms with Crippen LogP contribution in [-0.4, -0.2) is 17.4 Å². The fourth-order valence-electron chi connectivity index (χ4n) is 3.92. The van der Waals surface area contributed by atoms with E-state index in [-0.39, 0.29) is 29.4 Å². The van der Waals surface area contributed by atoms with Gasteiger partial charge < -0.3 is 15.0 Å². The van der Waals surface area contributed by atoms with Crippen molar-refractivity contribution in [3.05, 3.63) is 75.2 Å². The molecule has 2 aromatic rings. The van der Waals surface area contributed by atoms with Gasteiger partial charge in [0.1, 0.15) is 12.3 Å². The van der Waals surface area contributed by atoms with Crippen molar-refractivity contribution in [3.8, 4) is 5.75 Å². The van der Waals surface area contributed by atoms with Gasteiger partial charge in [0, 0.05) is 29.4 Å². The first-order chi connectivity index (χ1) is 13.1. The molecule has 0 spiro atoms. The molecule has 2 aliphatic rings. The van der Waals surface area contributed by atoms with Crippen molar-refractivity contribution < 1.29 is 9.53 Å². The van der Waals surface area contributed by atoms with Gasteiger partial charge in [-0.3, -0.25) is 9.59 Å². The summed E-state index contributed by atoms with van der Waals surface area (Å²) in [6.45, 7) is 0.823. The second-order valence-electron chi connectivity index (χ2n) is 7.21. The van der Waals surface area contributed by atoms with E-state index < -0.39 is 0 Å². The summed E-state index contributed by atoms with van der Waals surface area (Å²) in [7, 11) is 0. The molecule has 2 aliphatic carbocycles. The normalized spacial score (nSPS) is 22.8. The molecule has 1 amide bonds. The van der Waals surface area contributed by atoms with Crippen LogP contribution in [0.25, 0.3) is 0 Å². The van der Waals surface area contributed by atoms with Gasteiger partial charge in [-0.1, -0.05) is 42.0 Å². The quantitative estimate of drug-likeness (QED) is 0.748. The molecule has 1 aromatic heterocycles. The van der Waals surface area contributed by atoms with Crippen LogP contribution in [0.4, 0.5) is 0 Å². The number of carbonyl (C=O) groups excluding carboxylic acids is 1. The van der Waals surface area contributed by atoms with E-state index in [4.69, 9.17) is 16.3 Å². The Balaban J connectivity index is 1.35. The second-order valence-corrected chi connectivity index (χ2v) is 7.61. The van der Waals surface area contributed by atoms with Gasteiger partial charge in [0.25, 0.3) is 5.91 Å². The molecule has 27 heavy (non-hydrogen) atoms. The van der Waals surface area contributed by atoms with Gasteiger partial charge in [0.2, 0.25) is 5.43 Å². The maximum absolute atomic E-state index is 12.3. The summed E-state index contributed by atoms with van der Waals surface area (Å²) in [5.74, 6) is 1.64. The van der Waals surface area contributed by atoms with Gasteiger partial charge in [-0.05, 0) is 36.7 Å². The zero-order valence-electron chi connectivity index (χ0n) is 14.8. The van der Waals surface area contributed by atoms with Crippen LogP contribution in [-0.2, 0) is 6.61 Å². The third-order valence-electron chi connectivity index (χ3n) is 5.40. The van der Waals surface area contributed by atoms with E-state index in [1.807, 2.05) is 18.2 Å². The molecule has 6 heteroatoms. The predicted molar refractivity (Wildman–Crippen MR) is 104 cm³/mol. The number of nitrogens with one attached hydrogen (secondary N) is 2. The average molecular weight is 385 g/mol. The van der Waals surface area contributed by atoms with Crippen LogP contribution in [0.1, 0.15) is 28.9 Å². The van der Waals surface area contributed by atoms with Crippen molar-refractivity contribution >= 4 is 17.5 Å². The number of hydrogen-bond acceptors (Lipinski definition) is 3. The third-order valence-corrected chi connectivity index (χ3v) is 5.77. The lowest BCUT2D eigenvalue weighted by atomic mass is 9.93. The highest BCUT2D eigenvalue weighted by atomic mass is 35.5. The first-order valence-corrected chi connectivity index (χ1v) is 9.53. The number of aromatic amines is 1. The molecule has 1 aromatic carbocycles. The Morgan fingerprint density at radius 2 is 2.11 bits per heavy atom. The van der Waals surface area contributed by atoms with E-state index in [0.29, 0.717) is 29.3 Å². The summed E-state index contributed by atoms with van der Waals surface area (Å²) >= 11 is 6.09. The lowest BCUT2D eigenvalue weighted by Crippen LogP contribution is -2.32. The number of fused-ring (bicyclic) bond motifs is 2. The summed E-state index contributed by atoms with van der Waals surface area (Å²) in [6.07, 6.45) is 8.30. The maximum Gasteiger partial charge on any atom is 0.267 e. The van der Waals surface area contributed by atoms with Crippen molar-refractivity contribution in [1.29, 1.82) is 0 Å². The lowest BCUT2D eigenvalue weighted by molar-refractivity contribution is 0.0940. The van der Waals surface area contributed by atoms with Gasteiger partial charge in [-0.25, -0.2) is 0 Å². The molecule has 3 atom stereocenters. The number of carbonyl (C=O) groups is 1. The predicted octanol–water partition coefficient (Wildman–Crippen LogP) is 3.55. The van der Waals surface area contributed by atoms with E-state index in [2.05, 4.69) is 22.5 Å². The number of rotatable bonds is 6. The topological polar surface area (TPSA) is 71.2 Å². The molecule has 0 aliphatic heterocycles. The van der Waals surface area contributed by atoms with Gasteiger partial charge >= 0.3 is 0 Å². The number of H-pyrrole nitrogens is 1. The molecule has 0 saturated heterocycles. The number of halogens is 1. The van der Waals surface area contributed by atoms with Crippen molar-refractivity contribution in [2.75, 3.05) is 6.54 Å². The van der Waals surface area contributed by atoms with Gasteiger partial charge in [-0.2, -0.15) is 0 Å². The van der Waals surface area contributed by atoms with Crippen LogP contribution in [0.2, 0.25) is 5.02 Å². The average Bonchev–Trinajstić information content (AvgIpc) is 3.29. The largest absolute Gasteiger partial charge is 0.483 e. The fraction of sp³-hybridized carbons (Fsp3) is 0.333. The molecular formula is C21H21ClN2O3. The smallest absolute Gasteiger partial charge is 0.267 e. The summed E-state index contributed by atoms with van der Waals surface area (Å²) in [6, 6.07) is 8.57. The third kappa shape index (κ3) is 3.93. The Bertz CT molecular complexity index is 937. The number of allylic oxidation sites excluding steroid dienone is 2. The molecule has 1 saturated carbocycles. The van der Waals surface area contributed by atoms with E-state index in [1.54, 1.807) is 6.07 Å². The molecule has 3 unspecified atom stereocenters. The van der Waals surface area contributed by atoms with E-state index in [1.165, 1.54) is 18.7 Å². The molecule has 2 bridgehead atoms. The summed E-state index contributed by atoms with van der Waals surface area (Å²) in [5, 5.41) is 3.52. The fourth-order valence-corrected chi connectivity index (χ4v) is 4.11. The Hall–Kier alpha value is -2.53. The molecule has 140 valence electrons. The zero-order chi connectivity index (χ0) is 18.8. The Labute approximate surface area is 162 Å². The highest BCUT2D eigenvalue weighted by molar-refractivity contribution is 6.31. The van der Waals surface area contributed by atoms with Gasteiger partial charge in [0.05, 0.1) is 0 Å². The molecular weight excluding hydrogens is 364 g/mol. The van der Waals surface area contributed by atoms with Gasteiger partial charge in [0.15, 0.2) is 5.75 Å². The second kappa shape index (κ2) is 7.61. The van der Waals surface area contributed by atoms with E-state index in [0.717, 1.165) is 12.0 Å². The van der Waals surface area contributed by atoms with Crippen LogP contribution in [0.3, 0.4) is 0 Å². The summed E-state index contributed by atoms with van der Waals surface area (Å²) < 4.78 is 5.55. The molecule has 1 fully saturated rings. The van der Waals surface area contributed by atoms with E-state index in [9.17, 15) is 9.59 Å². The number of benzene rings is 1. The van der Waals surface area contributed by atoms with Gasteiger partial charge in [-0.15, -0.1) is 0 Å². The Morgan fingerprint density at radius 1 is 1.26 bits per heavy atom. The van der Waals surface area contributed by atoms with Crippen LogP contribution in [0.15, 0.2) is 53.5 Å². The summed E-state index contributed by atoms with van der Waals surface area (Å²) in [5.41, 5.74) is 0.693. The summed E-state index contributed by atoms with van der Waals surface area (Å²) in [4.78, 5) is 27.4. The Morgan fingerprint density at radius 3 is 2.81 bits per heavy atom. The lowest BCUT2D eigenvalue weighted by Gasteiger charge is -2.18. The number of aromatic nitrogens is 1. The van der Waals surface area contributed by atoms with Crippen LogP contribution in [0, 0.1) is 17.8 Å². The highest BCUT2D eigenvalue weighted by Gasteiger charge is 2.35. The standard InChI is InChI=1S/C21H21ClN2O3/c22-17-4-2-1-3-15(17)12-27-20-11-23-18(9-19(20)25)21(26)24-10-16-8-13-5-6-14(16)7-13/h1-6,9,11,13-14,16H,7-8,10,12H2,(H,23,25)(H,24,26). The molecule has 1 heterocycles. The minimum Gasteiger partial charge on any atom is -0.483 e. The highest BCUT2D eigenvalue weighted by Crippen LogP contribution is 2.42.